The molecule has 0 radical (unpaired) electrons. The van der Waals surface area contributed by atoms with Gasteiger partial charge in [-0.1, -0.05) is 6.07 Å². The third-order valence-corrected chi connectivity index (χ3v) is 3.07. The van der Waals surface area contributed by atoms with Crippen LogP contribution in [0.3, 0.4) is 0 Å². The average molecular weight is 253 g/mol. The highest BCUT2D eigenvalue weighted by atomic mass is 16.5. The zero-order valence-electron chi connectivity index (χ0n) is 10.1. The summed E-state index contributed by atoms with van der Waals surface area (Å²) in [6.07, 6.45) is 1.70. The number of benzene rings is 1. The van der Waals surface area contributed by atoms with E-state index < -0.39 is 0 Å². The Balaban J connectivity index is 1.92. The Bertz CT molecular complexity index is 718. The number of hydrogen-bond acceptors (Lipinski definition) is 5. The van der Waals surface area contributed by atoms with Crippen molar-refractivity contribution < 1.29 is 9.15 Å². The van der Waals surface area contributed by atoms with E-state index in [0.717, 1.165) is 23.5 Å². The molecule has 0 saturated carbocycles. The summed E-state index contributed by atoms with van der Waals surface area (Å²) in [5, 5.41) is 3.30. The number of fused-ring (bicyclic) bond motifs is 2. The van der Waals surface area contributed by atoms with Crippen LogP contribution in [-0.2, 0) is 0 Å². The first-order chi connectivity index (χ1) is 9.42. The second kappa shape index (κ2) is 3.98. The van der Waals surface area contributed by atoms with Gasteiger partial charge in [0.05, 0.1) is 11.3 Å². The minimum absolute atomic E-state index is 0.536. The fourth-order valence-electron chi connectivity index (χ4n) is 2.22. The first kappa shape index (κ1) is 10.4. The molecule has 94 valence electrons. The molecule has 3 heterocycles. The zero-order chi connectivity index (χ0) is 12.7. The average Bonchev–Trinajstić information content (AvgIpc) is 2.90. The quantitative estimate of drug-likeness (QED) is 0.722. The SMILES string of the molecule is c1cc2c(c(-c3nc4ncccc4o3)c1)OCCN2. The van der Waals surface area contributed by atoms with Gasteiger partial charge in [0.25, 0.3) is 0 Å². The van der Waals surface area contributed by atoms with E-state index in [2.05, 4.69) is 15.3 Å². The van der Waals surface area contributed by atoms with E-state index in [9.17, 15) is 0 Å². The Morgan fingerprint density at radius 2 is 2.16 bits per heavy atom. The second-order valence-corrected chi connectivity index (χ2v) is 4.30. The van der Waals surface area contributed by atoms with E-state index in [1.54, 1.807) is 6.20 Å². The minimum Gasteiger partial charge on any atom is -0.489 e. The van der Waals surface area contributed by atoms with Crippen molar-refractivity contribution in [3.63, 3.8) is 0 Å². The number of pyridine rings is 1. The lowest BCUT2D eigenvalue weighted by molar-refractivity contribution is 0.324. The van der Waals surface area contributed by atoms with Crippen LogP contribution in [0.1, 0.15) is 0 Å². The lowest BCUT2D eigenvalue weighted by Gasteiger charge is -2.20. The van der Waals surface area contributed by atoms with Crippen LogP contribution >= 0.6 is 0 Å². The molecule has 0 spiro atoms. The van der Waals surface area contributed by atoms with Crippen LogP contribution in [0.5, 0.6) is 5.75 Å². The highest BCUT2D eigenvalue weighted by Gasteiger charge is 2.19. The topological polar surface area (TPSA) is 60.2 Å². The van der Waals surface area contributed by atoms with Crippen molar-refractivity contribution in [2.24, 2.45) is 0 Å². The smallest absolute Gasteiger partial charge is 0.232 e. The zero-order valence-corrected chi connectivity index (χ0v) is 10.1. The predicted molar refractivity (Wildman–Crippen MR) is 71.2 cm³/mol. The van der Waals surface area contributed by atoms with Gasteiger partial charge >= 0.3 is 0 Å². The number of rotatable bonds is 1. The Labute approximate surface area is 109 Å². The number of ether oxygens (including phenoxy) is 1. The largest absolute Gasteiger partial charge is 0.489 e. The summed E-state index contributed by atoms with van der Waals surface area (Å²) in [5.74, 6) is 1.33. The van der Waals surface area contributed by atoms with Crippen molar-refractivity contribution >= 4 is 16.9 Å². The Morgan fingerprint density at radius 1 is 1.16 bits per heavy atom. The van der Waals surface area contributed by atoms with Crippen LogP contribution in [0.4, 0.5) is 5.69 Å². The summed E-state index contributed by atoms with van der Waals surface area (Å²) in [4.78, 5) is 8.58. The molecular weight excluding hydrogens is 242 g/mol. The van der Waals surface area contributed by atoms with E-state index in [1.165, 1.54) is 0 Å². The van der Waals surface area contributed by atoms with Crippen molar-refractivity contribution in [1.29, 1.82) is 0 Å². The van der Waals surface area contributed by atoms with Gasteiger partial charge in [-0.15, -0.1) is 0 Å². The Kier molecular flexibility index (Phi) is 2.17. The predicted octanol–water partition coefficient (Wildman–Crippen LogP) is 2.69. The van der Waals surface area contributed by atoms with Crippen LogP contribution in [0, 0.1) is 0 Å². The van der Waals surface area contributed by atoms with Crippen molar-refractivity contribution in [2.75, 3.05) is 18.5 Å². The molecule has 19 heavy (non-hydrogen) atoms. The van der Waals surface area contributed by atoms with Gasteiger partial charge in [0.2, 0.25) is 5.89 Å². The van der Waals surface area contributed by atoms with Crippen LogP contribution in [0.2, 0.25) is 0 Å². The molecule has 1 aliphatic heterocycles. The number of hydrogen-bond donors (Lipinski definition) is 1. The van der Waals surface area contributed by atoms with Gasteiger partial charge in [-0.2, -0.15) is 4.98 Å². The molecule has 0 aliphatic carbocycles. The van der Waals surface area contributed by atoms with Gasteiger partial charge in [0, 0.05) is 12.7 Å². The monoisotopic (exact) mass is 253 g/mol. The van der Waals surface area contributed by atoms with Crippen molar-refractivity contribution in [3.05, 3.63) is 36.5 Å². The van der Waals surface area contributed by atoms with Crippen LogP contribution in [-0.4, -0.2) is 23.1 Å². The third kappa shape index (κ3) is 1.62. The minimum atomic E-state index is 0.536. The van der Waals surface area contributed by atoms with Crippen LogP contribution in [0.15, 0.2) is 40.9 Å². The van der Waals surface area contributed by atoms with Gasteiger partial charge < -0.3 is 14.5 Å². The van der Waals surface area contributed by atoms with Gasteiger partial charge in [0.15, 0.2) is 17.0 Å². The summed E-state index contributed by atoms with van der Waals surface area (Å²) in [6, 6.07) is 9.57. The number of para-hydroxylation sites is 1. The van der Waals surface area contributed by atoms with Gasteiger partial charge in [-0.05, 0) is 24.3 Å². The molecule has 0 unspecified atom stereocenters. The number of oxazole rings is 1. The number of anilines is 1. The Hall–Kier alpha value is -2.56. The molecule has 0 fully saturated rings. The summed E-state index contributed by atoms with van der Waals surface area (Å²) in [7, 11) is 0. The van der Waals surface area contributed by atoms with Gasteiger partial charge in [-0.25, -0.2) is 4.98 Å². The number of aromatic nitrogens is 2. The van der Waals surface area contributed by atoms with E-state index in [0.29, 0.717) is 23.7 Å². The molecule has 1 N–H and O–H groups in total. The first-order valence-corrected chi connectivity index (χ1v) is 6.13. The third-order valence-electron chi connectivity index (χ3n) is 3.07. The molecule has 4 rings (SSSR count). The summed E-state index contributed by atoms with van der Waals surface area (Å²) in [5.41, 5.74) is 3.11. The van der Waals surface area contributed by atoms with E-state index in [1.807, 2.05) is 30.3 Å². The Morgan fingerprint density at radius 3 is 3.11 bits per heavy atom. The molecule has 0 saturated heterocycles. The summed E-state index contributed by atoms with van der Waals surface area (Å²) < 4.78 is 11.5. The standard InChI is InChI=1S/C14H11N3O2/c1-3-9(12-10(4-1)15-7-8-18-12)14-17-13-11(19-14)5-2-6-16-13/h1-6,15H,7-8H2. The number of nitrogens with one attached hydrogen (secondary N) is 1. The van der Waals surface area contributed by atoms with Crippen molar-refractivity contribution in [1.82, 2.24) is 9.97 Å². The van der Waals surface area contributed by atoms with E-state index in [4.69, 9.17) is 9.15 Å². The molecule has 0 amide bonds. The fourth-order valence-corrected chi connectivity index (χ4v) is 2.22. The maximum Gasteiger partial charge on any atom is 0.232 e. The molecule has 0 atom stereocenters. The summed E-state index contributed by atoms with van der Waals surface area (Å²) in [6.45, 7) is 1.45. The summed E-state index contributed by atoms with van der Waals surface area (Å²) >= 11 is 0. The normalized spacial score (nSPS) is 13.7. The second-order valence-electron chi connectivity index (χ2n) is 4.30. The lowest BCUT2D eigenvalue weighted by atomic mass is 10.1. The fraction of sp³-hybridized carbons (Fsp3) is 0.143. The molecular formula is C14H11N3O2. The molecule has 0 bridgehead atoms. The molecule has 5 nitrogen and oxygen atoms in total. The van der Waals surface area contributed by atoms with E-state index in [-0.39, 0.29) is 0 Å². The van der Waals surface area contributed by atoms with Crippen LogP contribution < -0.4 is 10.1 Å². The maximum absolute atomic E-state index is 5.74. The lowest BCUT2D eigenvalue weighted by Crippen LogP contribution is -2.18. The molecule has 1 aromatic carbocycles. The highest BCUT2D eigenvalue weighted by molar-refractivity contribution is 5.78. The van der Waals surface area contributed by atoms with Gasteiger partial charge in [-0.3, -0.25) is 0 Å². The molecule has 2 aromatic heterocycles. The molecule has 3 aromatic rings. The maximum atomic E-state index is 5.74. The van der Waals surface area contributed by atoms with Crippen molar-refractivity contribution in [2.45, 2.75) is 0 Å². The number of nitrogens with zero attached hydrogens (tertiary/aromatic N) is 2. The van der Waals surface area contributed by atoms with Crippen LogP contribution in [0.25, 0.3) is 22.7 Å². The first-order valence-electron chi connectivity index (χ1n) is 6.13. The highest BCUT2D eigenvalue weighted by Crippen LogP contribution is 2.38. The van der Waals surface area contributed by atoms with Crippen molar-refractivity contribution in [3.8, 4) is 17.2 Å². The molecule has 5 heteroatoms. The van der Waals surface area contributed by atoms with Gasteiger partial charge in [0.1, 0.15) is 6.61 Å². The van der Waals surface area contributed by atoms with E-state index >= 15 is 0 Å². The molecule has 1 aliphatic rings.